The van der Waals surface area contributed by atoms with Crippen LogP contribution in [0.3, 0.4) is 0 Å². The molecule has 0 aliphatic carbocycles. The van der Waals surface area contributed by atoms with E-state index < -0.39 is 6.23 Å². The van der Waals surface area contributed by atoms with Crippen molar-refractivity contribution in [2.45, 2.75) is 13.2 Å². The summed E-state index contributed by atoms with van der Waals surface area (Å²) in [5.41, 5.74) is 4.01. The van der Waals surface area contributed by atoms with Crippen LogP contribution < -0.4 is 5.32 Å². The molecule has 2 N–H and O–H groups in total. The molecule has 3 heteroatoms. The molecule has 0 fully saturated rings. The number of rotatable bonds is 1. The molecular formula is C14H13NO2. The zero-order valence-corrected chi connectivity index (χ0v) is 9.47. The Morgan fingerprint density at radius 3 is 3.00 bits per heavy atom. The first-order valence-electron chi connectivity index (χ1n) is 5.55. The van der Waals surface area contributed by atoms with Crippen molar-refractivity contribution in [3.05, 3.63) is 53.5 Å². The van der Waals surface area contributed by atoms with Crippen molar-refractivity contribution in [3.63, 3.8) is 0 Å². The van der Waals surface area contributed by atoms with E-state index in [9.17, 15) is 5.11 Å². The molecule has 3 nitrogen and oxygen atoms in total. The highest BCUT2D eigenvalue weighted by Crippen LogP contribution is 2.35. The average molecular weight is 227 g/mol. The molecule has 0 radical (unpaired) electrons. The largest absolute Gasteiger partial charge is 0.465 e. The van der Waals surface area contributed by atoms with Gasteiger partial charge < -0.3 is 14.8 Å². The van der Waals surface area contributed by atoms with Crippen LogP contribution >= 0.6 is 0 Å². The zero-order valence-electron chi connectivity index (χ0n) is 9.47. The third-order valence-corrected chi connectivity index (χ3v) is 2.91. The van der Waals surface area contributed by atoms with Crippen molar-refractivity contribution < 1.29 is 9.52 Å². The standard InChI is InChI=1S/C14H13NO2/c1-9-4-5-13-11(7-9)12(14(16)15-13)8-10-3-2-6-17-10/h2-8,14-16H,1H3/b12-8-. The molecule has 2 aromatic rings. The number of benzene rings is 1. The molecular weight excluding hydrogens is 214 g/mol. The molecule has 17 heavy (non-hydrogen) atoms. The highest BCUT2D eigenvalue weighted by molar-refractivity contribution is 5.93. The van der Waals surface area contributed by atoms with E-state index >= 15 is 0 Å². The van der Waals surface area contributed by atoms with Gasteiger partial charge in [0.25, 0.3) is 0 Å². The van der Waals surface area contributed by atoms with Gasteiger partial charge in [-0.25, -0.2) is 0 Å². The number of nitrogens with one attached hydrogen (secondary N) is 1. The zero-order chi connectivity index (χ0) is 11.8. The van der Waals surface area contributed by atoms with E-state index in [1.54, 1.807) is 6.26 Å². The number of furan rings is 1. The third-order valence-electron chi connectivity index (χ3n) is 2.91. The van der Waals surface area contributed by atoms with Gasteiger partial charge in [-0.3, -0.25) is 0 Å². The van der Waals surface area contributed by atoms with Crippen molar-refractivity contribution in [1.29, 1.82) is 0 Å². The van der Waals surface area contributed by atoms with Crippen molar-refractivity contribution >= 4 is 17.3 Å². The van der Waals surface area contributed by atoms with Crippen molar-refractivity contribution in [3.8, 4) is 0 Å². The van der Waals surface area contributed by atoms with Gasteiger partial charge >= 0.3 is 0 Å². The van der Waals surface area contributed by atoms with Crippen LogP contribution in [0, 0.1) is 6.92 Å². The monoisotopic (exact) mass is 227 g/mol. The fourth-order valence-corrected chi connectivity index (χ4v) is 2.08. The number of anilines is 1. The molecule has 1 aromatic carbocycles. The predicted molar refractivity (Wildman–Crippen MR) is 67.4 cm³/mol. The summed E-state index contributed by atoms with van der Waals surface area (Å²) in [4.78, 5) is 0. The Morgan fingerprint density at radius 2 is 2.24 bits per heavy atom. The molecule has 1 aliphatic rings. The van der Waals surface area contributed by atoms with Crippen LogP contribution in [0.25, 0.3) is 11.6 Å². The molecule has 0 saturated heterocycles. The maximum absolute atomic E-state index is 9.98. The maximum atomic E-state index is 9.98. The highest BCUT2D eigenvalue weighted by atomic mass is 16.3. The molecule has 0 amide bonds. The number of fused-ring (bicyclic) bond motifs is 1. The van der Waals surface area contributed by atoms with Gasteiger partial charge in [-0.15, -0.1) is 0 Å². The van der Waals surface area contributed by atoms with Gasteiger partial charge in [-0.2, -0.15) is 0 Å². The molecule has 1 aliphatic heterocycles. The number of aliphatic hydroxyl groups excluding tert-OH is 1. The molecule has 0 bridgehead atoms. The second kappa shape index (κ2) is 3.79. The van der Waals surface area contributed by atoms with E-state index in [-0.39, 0.29) is 0 Å². The summed E-state index contributed by atoms with van der Waals surface area (Å²) in [5, 5.41) is 13.0. The normalized spacial score (nSPS) is 20.4. The second-order valence-electron chi connectivity index (χ2n) is 4.21. The molecule has 3 rings (SSSR count). The molecule has 2 heterocycles. The minimum atomic E-state index is -0.670. The van der Waals surface area contributed by atoms with Crippen LogP contribution in [0.5, 0.6) is 0 Å². The first-order chi connectivity index (χ1) is 8.24. The van der Waals surface area contributed by atoms with E-state index in [4.69, 9.17) is 4.42 Å². The Bertz CT molecular complexity index is 570. The fourth-order valence-electron chi connectivity index (χ4n) is 2.08. The summed E-state index contributed by atoms with van der Waals surface area (Å²) in [5.74, 6) is 0.746. The number of hydrogen-bond donors (Lipinski definition) is 2. The Kier molecular flexibility index (Phi) is 2.27. The highest BCUT2D eigenvalue weighted by Gasteiger charge is 2.24. The van der Waals surface area contributed by atoms with Gasteiger partial charge in [-0.1, -0.05) is 11.6 Å². The first-order valence-corrected chi connectivity index (χ1v) is 5.55. The molecule has 1 aromatic heterocycles. The molecule has 0 saturated carbocycles. The number of aliphatic hydroxyl groups is 1. The van der Waals surface area contributed by atoms with Crippen LogP contribution in [0.2, 0.25) is 0 Å². The Labute approximate surface area is 99.4 Å². The van der Waals surface area contributed by atoms with Gasteiger partial charge in [-0.05, 0) is 37.3 Å². The lowest BCUT2D eigenvalue weighted by Gasteiger charge is -2.04. The van der Waals surface area contributed by atoms with Crippen LogP contribution in [-0.2, 0) is 0 Å². The summed E-state index contributed by atoms with van der Waals surface area (Å²) >= 11 is 0. The summed E-state index contributed by atoms with van der Waals surface area (Å²) in [6.45, 7) is 2.04. The average Bonchev–Trinajstić information content (AvgIpc) is 2.90. The van der Waals surface area contributed by atoms with E-state index in [2.05, 4.69) is 11.4 Å². The molecule has 0 spiro atoms. The van der Waals surface area contributed by atoms with E-state index in [1.165, 1.54) is 5.56 Å². The van der Waals surface area contributed by atoms with Gasteiger partial charge in [0.05, 0.1) is 6.26 Å². The Balaban J connectivity index is 2.10. The number of hydrogen-bond acceptors (Lipinski definition) is 3. The summed E-state index contributed by atoms with van der Waals surface area (Å²) in [7, 11) is 0. The Morgan fingerprint density at radius 1 is 1.35 bits per heavy atom. The van der Waals surface area contributed by atoms with Crippen LogP contribution in [-0.4, -0.2) is 11.3 Å². The SMILES string of the molecule is Cc1ccc2c(c1)/C(=C/c1ccco1)C(O)N2. The minimum absolute atomic E-state index is 0.670. The van der Waals surface area contributed by atoms with Crippen LogP contribution in [0.15, 0.2) is 41.0 Å². The van der Waals surface area contributed by atoms with Crippen molar-refractivity contribution in [1.82, 2.24) is 0 Å². The van der Waals surface area contributed by atoms with Gasteiger partial charge in [0.15, 0.2) is 6.23 Å². The third kappa shape index (κ3) is 1.74. The van der Waals surface area contributed by atoms with Crippen LogP contribution in [0.4, 0.5) is 5.69 Å². The van der Waals surface area contributed by atoms with Gasteiger partial charge in [0, 0.05) is 16.8 Å². The fraction of sp³-hybridized carbons (Fsp3) is 0.143. The first kappa shape index (κ1) is 10.2. The second-order valence-corrected chi connectivity index (χ2v) is 4.21. The lowest BCUT2D eigenvalue weighted by molar-refractivity contribution is 0.266. The maximum Gasteiger partial charge on any atom is 0.151 e. The van der Waals surface area contributed by atoms with Crippen molar-refractivity contribution in [2.75, 3.05) is 5.32 Å². The molecule has 1 atom stereocenters. The van der Waals surface area contributed by atoms with E-state index in [1.807, 2.05) is 37.3 Å². The lowest BCUT2D eigenvalue weighted by Crippen LogP contribution is -2.12. The van der Waals surface area contributed by atoms with Gasteiger partial charge in [0.1, 0.15) is 5.76 Å². The quantitative estimate of drug-likeness (QED) is 0.787. The summed E-state index contributed by atoms with van der Waals surface area (Å²) in [6, 6.07) is 9.77. The van der Waals surface area contributed by atoms with Crippen LogP contribution in [0.1, 0.15) is 16.9 Å². The number of aryl methyl sites for hydroxylation is 1. The lowest BCUT2D eigenvalue weighted by atomic mass is 10.0. The van der Waals surface area contributed by atoms with E-state index in [0.29, 0.717) is 0 Å². The molecule has 1 unspecified atom stereocenters. The Hall–Kier alpha value is -2.00. The van der Waals surface area contributed by atoms with E-state index in [0.717, 1.165) is 22.6 Å². The van der Waals surface area contributed by atoms with Gasteiger partial charge in [0.2, 0.25) is 0 Å². The van der Waals surface area contributed by atoms with Crippen molar-refractivity contribution in [2.24, 2.45) is 0 Å². The molecule has 86 valence electrons. The summed E-state index contributed by atoms with van der Waals surface area (Å²) < 4.78 is 5.27. The topological polar surface area (TPSA) is 45.4 Å². The minimum Gasteiger partial charge on any atom is -0.465 e. The smallest absolute Gasteiger partial charge is 0.151 e. The predicted octanol–water partition coefficient (Wildman–Crippen LogP) is 2.87. The summed E-state index contributed by atoms with van der Waals surface area (Å²) in [6.07, 6.45) is 2.82.